The van der Waals surface area contributed by atoms with Crippen LogP contribution in [0.5, 0.6) is 0 Å². The highest BCUT2D eigenvalue weighted by atomic mass is 16.4. The fraction of sp³-hybridized carbons (Fsp3) is 0.471. The van der Waals surface area contributed by atoms with Gasteiger partial charge in [0, 0.05) is 23.8 Å². The summed E-state index contributed by atoms with van der Waals surface area (Å²) in [5.41, 5.74) is 0.139. The fourth-order valence-electron chi connectivity index (χ4n) is 1.83. The van der Waals surface area contributed by atoms with Gasteiger partial charge in [0.1, 0.15) is 0 Å². The molecule has 0 saturated heterocycles. The van der Waals surface area contributed by atoms with Gasteiger partial charge in [0.15, 0.2) is 0 Å². The molecule has 0 aromatic heterocycles. The summed E-state index contributed by atoms with van der Waals surface area (Å²) in [6.07, 6.45) is 0.336. The molecule has 0 spiro atoms. The van der Waals surface area contributed by atoms with Gasteiger partial charge in [-0.05, 0) is 58.4 Å². The van der Waals surface area contributed by atoms with Gasteiger partial charge in [-0.15, -0.1) is 0 Å². The van der Waals surface area contributed by atoms with Gasteiger partial charge in [-0.25, -0.2) is 4.79 Å². The first-order chi connectivity index (χ1) is 11.1. The van der Waals surface area contributed by atoms with Gasteiger partial charge >= 0.3 is 12.0 Å². The Balaban J connectivity index is 2.52. The third-order valence-electron chi connectivity index (χ3n) is 3.44. The molecule has 0 atom stereocenters. The number of urea groups is 1. The summed E-state index contributed by atoms with van der Waals surface area (Å²) in [5.74, 6) is -1.18. The zero-order valence-corrected chi connectivity index (χ0v) is 14.5. The SMILES string of the molecule is CC(C)NC(=O)Nc1ccc(C(=O)NCCC(C)(C)C(=O)O)cc1. The minimum absolute atomic E-state index is 0.0325. The first-order valence-electron chi connectivity index (χ1n) is 7.81. The monoisotopic (exact) mass is 335 g/mol. The van der Waals surface area contributed by atoms with E-state index in [1.54, 1.807) is 38.1 Å². The van der Waals surface area contributed by atoms with Crippen molar-refractivity contribution in [2.45, 2.75) is 40.2 Å². The molecular weight excluding hydrogens is 310 g/mol. The van der Waals surface area contributed by atoms with E-state index in [0.717, 1.165) is 0 Å². The number of benzene rings is 1. The minimum Gasteiger partial charge on any atom is -0.481 e. The topological polar surface area (TPSA) is 108 Å². The van der Waals surface area contributed by atoms with Gasteiger partial charge in [-0.3, -0.25) is 9.59 Å². The number of amides is 3. The van der Waals surface area contributed by atoms with Crippen LogP contribution in [0, 0.1) is 5.41 Å². The Morgan fingerprint density at radius 2 is 1.71 bits per heavy atom. The molecular formula is C17H25N3O4. The van der Waals surface area contributed by atoms with Crippen molar-refractivity contribution in [1.82, 2.24) is 10.6 Å². The van der Waals surface area contributed by atoms with Gasteiger partial charge in [0.25, 0.3) is 5.91 Å². The lowest BCUT2D eigenvalue weighted by molar-refractivity contribution is -0.147. The highest BCUT2D eigenvalue weighted by Gasteiger charge is 2.26. The van der Waals surface area contributed by atoms with Crippen LogP contribution in [0.4, 0.5) is 10.5 Å². The average Bonchev–Trinajstić information content (AvgIpc) is 2.46. The molecule has 0 radical (unpaired) electrons. The average molecular weight is 335 g/mol. The standard InChI is InChI=1S/C17H25N3O4/c1-11(2)19-16(24)20-13-7-5-12(6-8-13)14(21)18-10-9-17(3,4)15(22)23/h5-8,11H,9-10H2,1-4H3,(H,18,21)(H,22,23)(H2,19,20,24). The van der Waals surface area contributed by atoms with Crippen LogP contribution < -0.4 is 16.0 Å². The summed E-state index contributed by atoms with van der Waals surface area (Å²) in [7, 11) is 0. The number of rotatable bonds is 7. The van der Waals surface area contributed by atoms with Crippen molar-refractivity contribution >= 4 is 23.6 Å². The second kappa shape index (κ2) is 8.33. The van der Waals surface area contributed by atoms with Crippen LogP contribution in [0.15, 0.2) is 24.3 Å². The zero-order chi connectivity index (χ0) is 18.3. The number of aliphatic carboxylic acids is 1. The molecule has 0 bridgehead atoms. The minimum atomic E-state index is -0.896. The number of carboxylic acids is 1. The Bertz CT molecular complexity index is 594. The smallest absolute Gasteiger partial charge is 0.319 e. The van der Waals surface area contributed by atoms with Crippen LogP contribution in [-0.4, -0.2) is 35.6 Å². The lowest BCUT2D eigenvalue weighted by Gasteiger charge is -2.18. The highest BCUT2D eigenvalue weighted by molar-refractivity contribution is 5.95. The molecule has 24 heavy (non-hydrogen) atoms. The van der Waals surface area contributed by atoms with E-state index in [1.165, 1.54) is 0 Å². The molecule has 132 valence electrons. The Labute approximate surface area is 141 Å². The number of hydrogen-bond donors (Lipinski definition) is 4. The summed E-state index contributed by atoms with van der Waals surface area (Å²) >= 11 is 0. The molecule has 4 N–H and O–H groups in total. The predicted molar refractivity (Wildman–Crippen MR) is 92.1 cm³/mol. The highest BCUT2D eigenvalue weighted by Crippen LogP contribution is 2.19. The zero-order valence-electron chi connectivity index (χ0n) is 14.5. The third-order valence-corrected chi connectivity index (χ3v) is 3.44. The van der Waals surface area contributed by atoms with Crippen molar-refractivity contribution in [3.8, 4) is 0 Å². The fourth-order valence-corrected chi connectivity index (χ4v) is 1.83. The molecule has 0 heterocycles. The molecule has 0 aliphatic heterocycles. The maximum Gasteiger partial charge on any atom is 0.319 e. The number of hydrogen-bond acceptors (Lipinski definition) is 3. The van der Waals surface area contributed by atoms with Crippen molar-refractivity contribution in [3.63, 3.8) is 0 Å². The summed E-state index contributed by atoms with van der Waals surface area (Å²) in [6.45, 7) is 7.22. The van der Waals surface area contributed by atoms with Crippen molar-refractivity contribution < 1.29 is 19.5 Å². The molecule has 7 nitrogen and oxygen atoms in total. The molecule has 3 amide bonds. The first kappa shape index (κ1) is 19.5. The lowest BCUT2D eigenvalue weighted by atomic mass is 9.90. The van der Waals surface area contributed by atoms with Crippen LogP contribution in [0.2, 0.25) is 0 Å². The van der Waals surface area contributed by atoms with Crippen molar-refractivity contribution in [1.29, 1.82) is 0 Å². The molecule has 1 aromatic carbocycles. The Kier molecular flexibility index (Phi) is 6.76. The summed E-state index contributed by atoms with van der Waals surface area (Å²) in [6, 6.07) is 6.19. The molecule has 0 saturated carbocycles. The second-order valence-corrected chi connectivity index (χ2v) is 6.53. The van der Waals surface area contributed by atoms with Gasteiger partial charge in [-0.1, -0.05) is 0 Å². The number of anilines is 1. The van der Waals surface area contributed by atoms with Crippen LogP contribution in [0.1, 0.15) is 44.5 Å². The third kappa shape index (κ3) is 6.28. The molecule has 1 rings (SSSR count). The number of nitrogens with one attached hydrogen (secondary N) is 3. The number of carboxylic acid groups (broad SMARTS) is 1. The lowest BCUT2D eigenvalue weighted by Crippen LogP contribution is -2.34. The van der Waals surface area contributed by atoms with E-state index in [0.29, 0.717) is 17.7 Å². The largest absolute Gasteiger partial charge is 0.481 e. The molecule has 0 aliphatic carbocycles. The van der Waals surface area contributed by atoms with Gasteiger partial charge in [0.2, 0.25) is 0 Å². The maximum absolute atomic E-state index is 12.0. The summed E-state index contributed by atoms with van der Waals surface area (Å²) < 4.78 is 0. The molecule has 1 aromatic rings. The van der Waals surface area contributed by atoms with E-state index in [2.05, 4.69) is 16.0 Å². The molecule has 0 fully saturated rings. The van der Waals surface area contributed by atoms with E-state index < -0.39 is 11.4 Å². The van der Waals surface area contributed by atoms with Crippen LogP contribution in [0.25, 0.3) is 0 Å². The van der Waals surface area contributed by atoms with Gasteiger partial charge in [-0.2, -0.15) is 0 Å². The maximum atomic E-state index is 12.0. The van der Waals surface area contributed by atoms with E-state index in [1.807, 2.05) is 13.8 Å². The second-order valence-electron chi connectivity index (χ2n) is 6.53. The Morgan fingerprint density at radius 3 is 2.21 bits per heavy atom. The normalized spacial score (nSPS) is 11.0. The van der Waals surface area contributed by atoms with Crippen LogP contribution in [0.3, 0.4) is 0 Å². The first-order valence-corrected chi connectivity index (χ1v) is 7.81. The summed E-state index contributed by atoms with van der Waals surface area (Å²) in [4.78, 5) is 34.6. The van der Waals surface area contributed by atoms with Crippen LogP contribution in [-0.2, 0) is 4.79 Å². The number of carbonyl (C=O) groups is 3. The van der Waals surface area contributed by atoms with E-state index in [9.17, 15) is 14.4 Å². The molecule has 0 unspecified atom stereocenters. The number of carbonyl (C=O) groups excluding carboxylic acids is 2. The van der Waals surface area contributed by atoms with Crippen molar-refractivity contribution in [2.24, 2.45) is 5.41 Å². The summed E-state index contributed by atoms with van der Waals surface area (Å²) in [5, 5.41) is 17.1. The van der Waals surface area contributed by atoms with E-state index in [-0.39, 0.29) is 24.5 Å². The van der Waals surface area contributed by atoms with Crippen molar-refractivity contribution in [3.05, 3.63) is 29.8 Å². The van der Waals surface area contributed by atoms with Crippen LogP contribution >= 0.6 is 0 Å². The van der Waals surface area contributed by atoms with Crippen molar-refractivity contribution in [2.75, 3.05) is 11.9 Å². The Hall–Kier alpha value is -2.57. The van der Waals surface area contributed by atoms with Gasteiger partial charge in [0.05, 0.1) is 5.41 Å². The van der Waals surface area contributed by atoms with E-state index in [4.69, 9.17) is 5.11 Å². The van der Waals surface area contributed by atoms with E-state index >= 15 is 0 Å². The molecule has 7 heteroatoms. The quantitative estimate of drug-likeness (QED) is 0.614. The molecule has 0 aliphatic rings. The predicted octanol–water partition coefficient (Wildman–Crippen LogP) is 2.45. The van der Waals surface area contributed by atoms with Gasteiger partial charge < -0.3 is 21.1 Å². The Morgan fingerprint density at radius 1 is 1.12 bits per heavy atom.